The summed E-state index contributed by atoms with van der Waals surface area (Å²) in [5.41, 5.74) is 0.665. The summed E-state index contributed by atoms with van der Waals surface area (Å²) in [5, 5.41) is 0.149. The normalized spacial score (nSPS) is 17.7. The van der Waals surface area contributed by atoms with Crippen molar-refractivity contribution in [2.75, 3.05) is 17.3 Å². The average molecular weight is 264 g/mol. The van der Waals surface area contributed by atoms with Crippen LogP contribution in [0.2, 0.25) is 0 Å². The summed E-state index contributed by atoms with van der Waals surface area (Å²) < 4.78 is 0.603. The monoisotopic (exact) mass is 264 g/mol. The molecule has 1 aliphatic heterocycles. The molecule has 4 heteroatoms. The quantitative estimate of drug-likeness (QED) is 0.715. The van der Waals surface area contributed by atoms with E-state index in [1.54, 1.807) is 6.92 Å². The molecule has 0 aliphatic carbocycles. The topological polar surface area (TPSA) is 17.1 Å². The van der Waals surface area contributed by atoms with Crippen LogP contribution in [0, 0.1) is 0 Å². The number of rotatable bonds is 3. The minimum atomic E-state index is 0. The SMILES string of the molecule is C.C=C(C)C(=O)SCC1SCCCCS1. The fourth-order valence-corrected chi connectivity index (χ4v) is 4.99. The van der Waals surface area contributed by atoms with Crippen molar-refractivity contribution in [1.29, 1.82) is 0 Å². The van der Waals surface area contributed by atoms with Gasteiger partial charge in [-0.3, -0.25) is 4.79 Å². The Morgan fingerprint density at radius 2 is 1.93 bits per heavy atom. The summed E-state index contributed by atoms with van der Waals surface area (Å²) in [6, 6.07) is 0. The van der Waals surface area contributed by atoms with Gasteiger partial charge in [0, 0.05) is 5.75 Å². The number of hydrogen-bond acceptors (Lipinski definition) is 4. The molecule has 1 heterocycles. The molecule has 0 bridgehead atoms. The van der Waals surface area contributed by atoms with Crippen molar-refractivity contribution in [1.82, 2.24) is 0 Å². The van der Waals surface area contributed by atoms with Gasteiger partial charge in [0.1, 0.15) is 0 Å². The van der Waals surface area contributed by atoms with Crippen molar-refractivity contribution in [3.8, 4) is 0 Å². The maximum atomic E-state index is 11.3. The van der Waals surface area contributed by atoms with E-state index in [9.17, 15) is 4.79 Å². The van der Waals surface area contributed by atoms with E-state index in [-0.39, 0.29) is 12.5 Å². The van der Waals surface area contributed by atoms with E-state index in [1.807, 2.05) is 23.5 Å². The van der Waals surface area contributed by atoms with E-state index in [0.29, 0.717) is 10.2 Å². The maximum absolute atomic E-state index is 11.3. The molecule has 1 nitrogen and oxygen atoms in total. The average Bonchev–Trinajstić information content (AvgIpc) is 2.42. The summed E-state index contributed by atoms with van der Waals surface area (Å²) in [6.45, 7) is 5.43. The first kappa shape index (κ1) is 15.5. The summed E-state index contributed by atoms with van der Waals surface area (Å²) in [7, 11) is 0. The zero-order valence-corrected chi connectivity index (χ0v) is 10.9. The Bertz CT molecular complexity index is 208. The van der Waals surface area contributed by atoms with E-state index in [1.165, 1.54) is 36.1 Å². The second-order valence-corrected chi connectivity index (χ2v) is 7.17. The third-order valence-electron chi connectivity index (χ3n) is 1.85. The van der Waals surface area contributed by atoms with E-state index in [4.69, 9.17) is 0 Å². The molecule has 1 rings (SSSR count). The van der Waals surface area contributed by atoms with E-state index in [0.717, 1.165) is 5.75 Å². The Kier molecular flexibility index (Phi) is 8.86. The molecule has 1 fully saturated rings. The van der Waals surface area contributed by atoms with Crippen LogP contribution in [0.3, 0.4) is 0 Å². The Hall–Kier alpha value is 0.460. The van der Waals surface area contributed by atoms with Crippen LogP contribution in [-0.2, 0) is 4.79 Å². The molecule has 0 amide bonds. The minimum Gasteiger partial charge on any atom is -0.282 e. The van der Waals surface area contributed by atoms with Gasteiger partial charge in [-0.2, -0.15) is 0 Å². The maximum Gasteiger partial charge on any atom is 0.214 e. The van der Waals surface area contributed by atoms with E-state index < -0.39 is 0 Å². The second-order valence-electron chi connectivity index (χ2n) is 3.26. The van der Waals surface area contributed by atoms with Crippen LogP contribution < -0.4 is 0 Å². The predicted octanol–water partition coefficient (Wildman–Crippen LogP) is 4.04. The summed E-state index contributed by atoms with van der Waals surface area (Å²) in [5.74, 6) is 3.43. The zero-order chi connectivity index (χ0) is 10.4. The third-order valence-corrected chi connectivity index (χ3v) is 6.32. The van der Waals surface area contributed by atoms with Crippen molar-refractivity contribution in [2.24, 2.45) is 0 Å². The van der Waals surface area contributed by atoms with Gasteiger partial charge in [0.2, 0.25) is 5.12 Å². The molecule has 0 radical (unpaired) electrons. The Balaban J connectivity index is 0.00000196. The van der Waals surface area contributed by atoms with Crippen molar-refractivity contribution < 1.29 is 4.79 Å². The first-order chi connectivity index (χ1) is 6.70. The molecule has 88 valence electrons. The highest BCUT2D eigenvalue weighted by Gasteiger charge is 2.15. The molecular formula is C11H20OS3. The third kappa shape index (κ3) is 6.59. The van der Waals surface area contributed by atoms with Crippen LogP contribution in [0.1, 0.15) is 27.2 Å². The van der Waals surface area contributed by atoms with Gasteiger partial charge in [-0.25, -0.2) is 0 Å². The highest BCUT2D eigenvalue weighted by molar-refractivity contribution is 8.20. The smallest absolute Gasteiger partial charge is 0.214 e. The zero-order valence-electron chi connectivity index (χ0n) is 8.45. The van der Waals surface area contributed by atoms with Gasteiger partial charge in [-0.1, -0.05) is 25.8 Å². The second kappa shape index (κ2) is 8.59. The van der Waals surface area contributed by atoms with Gasteiger partial charge >= 0.3 is 0 Å². The summed E-state index contributed by atoms with van der Waals surface area (Å²) in [4.78, 5) is 11.3. The first-order valence-corrected chi connectivity index (χ1v) is 7.84. The van der Waals surface area contributed by atoms with Crippen LogP contribution in [0.4, 0.5) is 0 Å². The molecule has 0 spiro atoms. The van der Waals surface area contributed by atoms with Gasteiger partial charge in [-0.15, -0.1) is 23.5 Å². The summed E-state index contributed by atoms with van der Waals surface area (Å²) in [6.07, 6.45) is 2.65. The highest BCUT2D eigenvalue weighted by atomic mass is 32.2. The number of carbonyl (C=O) groups excluding carboxylic acids is 1. The fourth-order valence-electron chi connectivity index (χ4n) is 1.04. The predicted molar refractivity (Wildman–Crippen MR) is 76.9 cm³/mol. The Morgan fingerprint density at radius 1 is 1.40 bits per heavy atom. The number of hydrogen-bond donors (Lipinski definition) is 0. The fraction of sp³-hybridized carbons (Fsp3) is 0.727. The van der Waals surface area contributed by atoms with Crippen LogP contribution in [0.5, 0.6) is 0 Å². The van der Waals surface area contributed by atoms with Gasteiger partial charge < -0.3 is 0 Å². The molecule has 0 N–H and O–H groups in total. The molecular weight excluding hydrogens is 244 g/mol. The molecule has 0 aromatic heterocycles. The van der Waals surface area contributed by atoms with Gasteiger partial charge in [-0.05, 0) is 36.8 Å². The van der Waals surface area contributed by atoms with E-state index in [2.05, 4.69) is 6.58 Å². The van der Waals surface area contributed by atoms with Crippen molar-refractivity contribution >= 4 is 40.4 Å². The first-order valence-electron chi connectivity index (χ1n) is 4.76. The van der Waals surface area contributed by atoms with Gasteiger partial charge in [0.25, 0.3) is 0 Å². The van der Waals surface area contributed by atoms with Crippen LogP contribution >= 0.6 is 35.3 Å². The lowest BCUT2D eigenvalue weighted by atomic mass is 10.4. The minimum absolute atomic E-state index is 0. The molecule has 0 unspecified atom stereocenters. The Labute approximate surface area is 106 Å². The van der Waals surface area contributed by atoms with E-state index >= 15 is 0 Å². The number of thioether (sulfide) groups is 3. The van der Waals surface area contributed by atoms with Crippen LogP contribution in [0.15, 0.2) is 12.2 Å². The van der Waals surface area contributed by atoms with Crippen molar-refractivity contribution in [3.05, 3.63) is 12.2 Å². The molecule has 0 atom stereocenters. The van der Waals surface area contributed by atoms with Gasteiger partial charge in [0.15, 0.2) is 0 Å². The molecule has 15 heavy (non-hydrogen) atoms. The summed E-state index contributed by atoms with van der Waals surface area (Å²) >= 11 is 5.42. The lowest BCUT2D eigenvalue weighted by Crippen LogP contribution is -2.04. The van der Waals surface area contributed by atoms with Crippen molar-refractivity contribution in [2.45, 2.75) is 31.8 Å². The molecule has 0 aromatic carbocycles. The largest absolute Gasteiger partial charge is 0.282 e. The van der Waals surface area contributed by atoms with Crippen molar-refractivity contribution in [3.63, 3.8) is 0 Å². The Morgan fingerprint density at radius 3 is 2.40 bits per heavy atom. The van der Waals surface area contributed by atoms with Gasteiger partial charge in [0.05, 0.1) is 4.58 Å². The standard InChI is InChI=1S/C10H16OS3.CH4/c1-8(2)10(11)14-7-9-12-5-3-4-6-13-9;/h9H,1,3-7H2,2H3;1H4. The lowest BCUT2D eigenvalue weighted by molar-refractivity contribution is -0.107. The molecule has 1 saturated heterocycles. The molecule has 1 aliphatic rings. The van der Waals surface area contributed by atoms with Crippen LogP contribution in [-0.4, -0.2) is 27.0 Å². The molecule has 0 saturated carbocycles. The molecule has 0 aromatic rings. The highest BCUT2D eigenvalue weighted by Crippen LogP contribution is 2.32. The lowest BCUT2D eigenvalue weighted by Gasteiger charge is -2.11. The number of carbonyl (C=O) groups is 1. The van der Waals surface area contributed by atoms with Crippen LogP contribution in [0.25, 0.3) is 0 Å².